The number of thioether (sulfide) groups is 1. The summed E-state index contributed by atoms with van der Waals surface area (Å²) < 4.78 is 0. The predicted octanol–water partition coefficient (Wildman–Crippen LogP) is 1.73. The van der Waals surface area contributed by atoms with Crippen LogP contribution in [0.2, 0.25) is 0 Å². The van der Waals surface area contributed by atoms with Gasteiger partial charge in [-0.05, 0) is 6.42 Å². The van der Waals surface area contributed by atoms with E-state index in [1.807, 2.05) is 0 Å². The van der Waals surface area contributed by atoms with Gasteiger partial charge in [0.2, 0.25) is 0 Å². The molecular weight excluding hydrogens is 264 g/mol. The molecule has 0 atom stereocenters. The third-order valence-electron chi connectivity index (χ3n) is 1.96. The lowest BCUT2D eigenvalue weighted by Crippen LogP contribution is -1.95. The van der Waals surface area contributed by atoms with Gasteiger partial charge in [-0.3, -0.25) is 4.79 Å². The van der Waals surface area contributed by atoms with Crippen molar-refractivity contribution < 1.29 is 9.90 Å². The Morgan fingerprint density at radius 3 is 3.00 bits per heavy atom. The summed E-state index contributed by atoms with van der Waals surface area (Å²) in [6.07, 6.45) is 3.84. The first-order valence-electron chi connectivity index (χ1n) is 4.76. The Balaban J connectivity index is 0.00000144. The van der Waals surface area contributed by atoms with Crippen LogP contribution in [-0.4, -0.2) is 36.8 Å². The molecule has 0 aliphatic heterocycles. The molecule has 92 valence electrons. The zero-order valence-electron chi connectivity index (χ0n) is 8.79. The molecular formula is C9H11ClN4O2S. The Morgan fingerprint density at radius 2 is 2.24 bits per heavy atom. The van der Waals surface area contributed by atoms with Crippen molar-refractivity contribution in [2.24, 2.45) is 0 Å². The first kappa shape index (κ1) is 13.7. The average molecular weight is 275 g/mol. The van der Waals surface area contributed by atoms with E-state index < -0.39 is 5.97 Å². The Morgan fingerprint density at radius 1 is 1.41 bits per heavy atom. The maximum absolute atomic E-state index is 10.3. The summed E-state index contributed by atoms with van der Waals surface area (Å²) in [5, 5.41) is 9.31. The van der Waals surface area contributed by atoms with Gasteiger partial charge < -0.3 is 10.1 Å². The summed E-state index contributed by atoms with van der Waals surface area (Å²) in [6, 6.07) is 0. The molecule has 0 aromatic carbocycles. The zero-order valence-corrected chi connectivity index (χ0v) is 10.4. The van der Waals surface area contributed by atoms with E-state index in [0.717, 1.165) is 16.3 Å². The molecule has 2 aromatic heterocycles. The molecule has 8 heteroatoms. The second kappa shape index (κ2) is 6.41. The Hall–Kier alpha value is -1.34. The van der Waals surface area contributed by atoms with Crippen molar-refractivity contribution in [3.05, 3.63) is 12.7 Å². The molecule has 0 spiro atoms. The van der Waals surface area contributed by atoms with Gasteiger partial charge in [-0.25, -0.2) is 15.0 Å². The van der Waals surface area contributed by atoms with Gasteiger partial charge in [0.25, 0.3) is 0 Å². The highest BCUT2D eigenvalue weighted by Gasteiger charge is 2.06. The van der Waals surface area contributed by atoms with Crippen molar-refractivity contribution in [1.82, 2.24) is 19.9 Å². The Labute approximate surface area is 108 Å². The molecule has 0 aliphatic carbocycles. The lowest BCUT2D eigenvalue weighted by molar-refractivity contribution is -0.137. The van der Waals surface area contributed by atoms with Crippen LogP contribution in [0.4, 0.5) is 0 Å². The van der Waals surface area contributed by atoms with Gasteiger partial charge in [-0.1, -0.05) is 0 Å². The number of carboxylic acids is 1. The summed E-state index contributed by atoms with van der Waals surface area (Å²) in [5.74, 6) is -0.0489. The Bertz CT molecular complexity index is 504. The van der Waals surface area contributed by atoms with E-state index in [4.69, 9.17) is 5.11 Å². The Kier molecular flexibility index (Phi) is 5.17. The number of imidazole rings is 1. The third-order valence-corrected chi connectivity index (χ3v) is 3.04. The highest BCUT2D eigenvalue weighted by molar-refractivity contribution is 7.99. The molecule has 0 unspecified atom stereocenters. The summed E-state index contributed by atoms with van der Waals surface area (Å²) in [6.45, 7) is 0. The van der Waals surface area contributed by atoms with E-state index in [9.17, 15) is 4.79 Å². The number of aromatic nitrogens is 4. The van der Waals surface area contributed by atoms with E-state index in [2.05, 4.69) is 19.9 Å². The SMILES string of the molecule is Cl.O=C(O)CCCSc1ncnc2nc[nH]c12. The smallest absolute Gasteiger partial charge is 0.303 e. The highest BCUT2D eigenvalue weighted by atomic mass is 35.5. The number of aliphatic carboxylic acids is 1. The maximum Gasteiger partial charge on any atom is 0.303 e. The van der Waals surface area contributed by atoms with Crippen LogP contribution < -0.4 is 0 Å². The standard InChI is InChI=1S/C9H10N4O2S.ClH/c14-6(15)2-1-3-16-9-7-8(11-4-10-7)12-5-13-9;/h4-5H,1-3H2,(H,14,15)(H,10,11,12,13);1H. The molecule has 17 heavy (non-hydrogen) atoms. The molecule has 2 heterocycles. The number of fused-ring (bicyclic) bond motifs is 1. The predicted molar refractivity (Wildman–Crippen MR) is 66.5 cm³/mol. The van der Waals surface area contributed by atoms with E-state index in [1.54, 1.807) is 6.33 Å². The fourth-order valence-electron chi connectivity index (χ4n) is 1.24. The van der Waals surface area contributed by atoms with Crippen LogP contribution in [0, 0.1) is 0 Å². The third kappa shape index (κ3) is 3.57. The molecule has 0 saturated heterocycles. The number of halogens is 1. The number of nitrogens with zero attached hydrogens (tertiary/aromatic N) is 3. The van der Waals surface area contributed by atoms with Crippen LogP contribution >= 0.6 is 24.2 Å². The number of carboxylic acid groups (broad SMARTS) is 1. The first-order valence-corrected chi connectivity index (χ1v) is 5.74. The van der Waals surface area contributed by atoms with Crippen LogP contribution in [-0.2, 0) is 4.79 Å². The molecule has 2 rings (SSSR count). The minimum atomic E-state index is -0.769. The van der Waals surface area contributed by atoms with Crippen molar-refractivity contribution in [2.45, 2.75) is 17.9 Å². The van der Waals surface area contributed by atoms with Gasteiger partial charge in [0.05, 0.1) is 6.33 Å². The normalized spacial score (nSPS) is 10.1. The van der Waals surface area contributed by atoms with Gasteiger partial charge in [0, 0.05) is 12.2 Å². The topological polar surface area (TPSA) is 91.8 Å². The van der Waals surface area contributed by atoms with E-state index in [-0.39, 0.29) is 18.8 Å². The lowest BCUT2D eigenvalue weighted by Gasteiger charge is -1.99. The second-order valence-corrected chi connectivity index (χ2v) is 4.21. The number of nitrogens with one attached hydrogen (secondary N) is 1. The fraction of sp³-hybridized carbons (Fsp3) is 0.333. The van der Waals surface area contributed by atoms with E-state index >= 15 is 0 Å². The maximum atomic E-state index is 10.3. The molecule has 0 bridgehead atoms. The first-order chi connectivity index (χ1) is 7.77. The number of H-pyrrole nitrogens is 1. The van der Waals surface area contributed by atoms with Gasteiger partial charge in [-0.15, -0.1) is 24.2 Å². The van der Waals surface area contributed by atoms with Crippen LogP contribution in [0.15, 0.2) is 17.7 Å². The molecule has 0 saturated carbocycles. The van der Waals surface area contributed by atoms with Crippen LogP contribution in [0.25, 0.3) is 11.2 Å². The number of carbonyl (C=O) groups is 1. The molecule has 6 nitrogen and oxygen atoms in total. The summed E-state index contributed by atoms with van der Waals surface area (Å²) in [7, 11) is 0. The molecule has 2 aromatic rings. The summed E-state index contributed by atoms with van der Waals surface area (Å²) >= 11 is 1.51. The van der Waals surface area contributed by atoms with Crippen molar-refractivity contribution in [3.8, 4) is 0 Å². The number of rotatable bonds is 5. The molecule has 2 N–H and O–H groups in total. The quantitative estimate of drug-likeness (QED) is 0.490. The van der Waals surface area contributed by atoms with Crippen molar-refractivity contribution in [3.63, 3.8) is 0 Å². The summed E-state index contributed by atoms with van der Waals surface area (Å²) in [5.41, 5.74) is 1.44. The number of aromatic amines is 1. The molecule has 0 radical (unpaired) electrons. The van der Waals surface area contributed by atoms with Crippen molar-refractivity contribution >= 4 is 41.3 Å². The van der Waals surface area contributed by atoms with E-state index in [0.29, 0.717) is 12.1 Å². The molecule has 0 amide bonds. The van der Waals surface area contributed by atoms with Gasteiger partial charge in [0.1, 0.15) is 16.9 Å². The second-order valence-electron chi connectivity index (χ2n) is 3.13. The van der Waals surface area contributed by atoms with Crippen LogP contribution in [0.3, 0.4) is 0 Å². The number of hydrogen-bond donors (Lipinski definition) is 2. The van der Waals surface area contributed by atoms with Crippen molar-refractivity contribution in [2.75, 3.05) is 5.75 Å². The highest BCUT2D eigenvalue weighted by Crippen LogP contribution is 2.22. The fourth-order valence-corrected chi connectivity index (χ4v) is 2.14. The molecule has 0 aliphatic rings. The van der Waals surface area contributed by atoms with Gasteiger partial charge in [0.15, 0.2) is 5.65 Å². The van der Waals surface area contributed by atoms with Gasteiger partial charge >= 0.3 is 5.97 Å². The zero-order chi connectivity index (χ0) is 11.4. The lowest BCUT2D eigenvalue weighted by atomic mass is 10.3. The van der Waals surface area contributed by atoms with Crippen molar-refractivity contribution in [1.29, 1.82) is 0 Å². The minimum Gasteiger partial charge on any atom is -0.481 e. The van der Waals surface area contributed by atoms with E-state index in [1.165, 1.54) is 18.1 Å². The van der Waals surface area contributed by atoms with Crippen LogP contribution in [0.1, 0.15) is 12.8 Å². The minimum absolute atomic E-state index is 0. The summed E-state index contributed by atoms with van der Waals surface area (Å²) in [4.78, 5) is 25.4. The monoisotopic (exact) mass is 274 g/mol. The van der Waals surface area contributed by atoms with Gasteiger partial charge in [-0.2, -0.15) is 0 Å². The average Bonchev–Trinajstić information content (AvgIpc) is 2.72. The molecule has 0 fully saturated rings. The number of hydrogen-bond acceptors (Lipinski definition) is 5. The van der Waals surface area contributed by atoms with Crippen LogP contribution in [0.5, 0.6) is 0 Å². The largest absolute Gasteiger partial charge is 0.481 e.